The van der Waals surface area contributed by atoms with E-state index in [1.165, 1.54) is 18.2 Å². The molecule has 0 radical (unpaired) electrons. The molecule has 0 saturated heterocycles. The van der Waals surface area contributed by atoms with Gasteiger partial charge >= 0.3 is 6.18 Å². The summed E-state index contributed by atoms with van der Waals surface area (Å²) in [4.78, 5) is 21.6. The molecule has 0 bridgehead atoms. The van der Waals surface area contributed by atoms with Crippen molar-refractivity contribution in [3.05, 3.63) is 95.8 Å². The first kappa shape index (κ1) is 20.9. The number of alkyl halides is 3. The zero-order valence-electron chi connectivity index (χ0n) is 16.1. The lowest BCUT2D eigenvalue weighted by molar-refractivity contribution is -0.139. The minimum atomic E-state index is -4.48. The maximum Gasteiger partial charge on any atom is 0.417 e. The van der Waals surface area contributed by atoms with Gasteiger partial charge in [-0.15, -0.1) is 0 Å². The highest BCUT2D eigenvalue weighted by molar-refractivity contribution is 7.99. The summed E-state index contributed by atoms with van der Waals surface area (Å²) in [6, 6.07) is 19.3. The van der Waals surface area contributed by atoms with Gasteiger partial charge in [-0.3, -0.25) is 9.78 Å². The van der Waals surface area contributed by atoms with Gasteiger partial charge in [0.05, 0.1) is 28.9 Å². The first-order valence-corrected chi connectivity index (χ1v) is 10.2. The lowest BCUT2D eigenvalue weighted by Crippen LogP contribution is -2.23. The number of pyridine rings is 2. The third-order valence-electron chi connectivity index (χ3n) is 4.50. The predicted molar refractivity (Wildman–Crippen MR) is 113 cm³/mol. The minimum absolute atomic E-state index is 0.0256. The summed E-state index contributed by atoms with van der Waals surface area (Å²) >= 11 is 0.879. The molecule has 0 aliphatic rings. The molecule has 0 aliphatic heterocycles. The zero-order valence-corrected chi connectivity index (χ0v) is 16.9. The molecule has 4 aromatic rings. The molecule has 1 N–H and O–H groups in total. The van der Waals surface area contributed by atoms with Crippen LogP contribution < -0.4 is 5.32 Å². The average Bonchev–Trinajstić information content (AvgIpc) is 2.77. The number of para-hydroxylation sites is 1. The summed E-state index contributed by atoms with van der Waals surface area (Å²) in [7, 11) is 0. The molecular weight excluding hydrogens is 423 g/mol. The van der Waals surface area contributed by atoms with Crippen LogP contribution in [0.5, 0.6) is 0 Å². The van der Waals surface area contributed by atoms with Crippen molar-refractivity contribution in [1.82, 2.24) is 15.3 Å². The van der Waals surface area contributed by atoms with Gasteiger partial charge in [-0.2, -0.15) is 13.2 Å². The summed E-state index contributed by atoms with van der Waals surface area (Å²) in [5, 5.41) is 3.74. The molecule has 0 spiro atoms. The van der Waals surface area contributed by atoms with Crippen LogP contribution in [0.3, 0.4) is 0 Å². The molecule has 31 heavy (non-hydrogen) atoms. The highest BCUT2D eigenvalue weighted by Crippen LogP contribution is 2.39. The lowest BCUT2D eigenvalue weighted by atomic mass is 10.1. The van der Waals surface area contributed by atoms with Crippen LogP contribution in [-0.2, 0) is 12.7 Å². The summed E-state index contributed by atoms with van der Waals surface area (Å²) in [5.74, 6) is -0.352. The van der Waals surface area contributed by atoms with E-state index in [0.717, 1.165) is 17.8 Å². The number of carbonyl (C=O) groups is 1. The molecule has 0 saturated carbocycles. The molecule has 2 aromatic heterocycles. The number of aromatic nitrogens is 2. The van der Waals surface area contributed by atoms with E-state index < -0.39 is 11.7 Å². The van der Waals surface area contributed by atoms with Crippen LogP contribution in [0, 0.1) is 0 Å². The Morgan fingerprint density at radius 1 is 0.968 bits per heavy atom. The topological polar surface area (TPSA) is 54.9 Å². The van der Waals surface area contributed by atoms with E-state index in [-0.39, 0.29) is 17.3 Å². The number of rotatable bonds is 5. The van der Waals surface area contributed by atoms with Crippen LogP contribution >= 0.6 is 11.8 Å². The molecule has 2 aromatic carbocycles. The Hall–Kier alpha value is -3.39. The third kappa shape index (κ3) is 4.86. The Kier molecular flexibility index (Phi) is 5.90. The van der Waals surface area contributed by atoms with E-state index in [0.29, 0.717) is 27.2 Å². The lowest BCUT2D eigenvalue weighted by Gasteiger charge is -2.13. The van der Waals surface area contributed by atoms with Gasteiger partial charge in [-0.25, -0.2) is 4.98 Å². The van der Waals surface area contributed by atoms with Gasteiger partial charge in [0.15, 0.2) is 0 Å². The first-order chi connectivity index (χ1) is 14.9. The van der Waals surface area contributed by atoms with Crippen molar-refractivity contribution >= 4 is 28.6 Å². The summed E-state index contributed by atoms with van der Waals surface area (Å²) < 4.78 is 40.1. The second-order valence-corrected chi connectivity index (χ2v) is 7.69. The fraction of sp³-hybridized carbons (Fsp3) is 0.0870. The third-order valence-corrected chi connectivity index (χ3v) is 5.49. The molecule has 4 rings (SSSR count). The Balaban J connectivity index is 1.68. The number of hydrogen-bond donors (Lipinski definition) is 1. The molecule has 8 heteroatoms. The van der Waals surface area contributed by atoms with Gasteiger partial charge in [-0.1, -0.05) is 48.2 Å². The average molecular weight is 439 g/mol. The van der Waals surface area contributed by atoms with Crippen LogP contribution in [0.1, 0.15) is 21.6 Å². The number of hydrogen-bond acceptors (Lipinski definition) is 4. The number of nitrogens with zero attached hydrogens (tertiary/aromatic N) is 2. The SMILES string of the molecule is O=C(NCc1ccccn1)c1cc(Sc2ccccc2C(F)(F)F)nc2ccccc12. The molecule has 4 nitrogen and oxygen atoms in total. The van der Waals surface area contributed by atoms with E-state index >= 15 is 0 Å². The maximum atomic E-state index is 13.4. The Bertz CT molecular complexity index is 1230. The van der Waals surface area contributed by atoms with Crippen molar-refractivity contribution < 1.29 is 18.0 Å². The van der Waals surface area contributed by atoms with Gasteiger partial charge in [0.25, 0.3) is 5.91 Å². The van der Waals surface area contributed by atoms with Crippen molar-refractivity contribution in [2.24, 2.45) is 0 Å². The monoisotopic (exact) mass is 439 g/mol. The van der Waals surface area contributed by atoms with Crippen molar-refractivity contribution in [1.29, 1.82) is 0 Å². The molecule has 0 atom stereocenters. The number of benzene rings is 2. The number of amides is 1. The van der Waals surface area contributed by atoms with E-state index in [9.17, 15) is 18.0 Å². The Labute approximate surface area is 180 Å². The molecule has 2 heterocycles. The standard InChI is InChI=1S/C23H16F3N3OS/c24-23(25,26)18-9-2-4-11-20(18)31-21-13-17(16-8-1-3-10-19(16)29-21)22(30)28-14-15-7-5-6-12-27-15/h1-13H,14H2,(H,28,30). The van der Waals surface area contributed by atoms with Crippen molar-refractivity contribution in [2.45, 2.75) is 22.6 Å². The number of fused-ring (bicyclic) bond motifs is 1. The quantitative estimate of drug-likeness (QED) is 0.432. The molecule has 1 amide bonds. The van der Waals surface area contributed by atoms with E-state index in [4.69, 9.17) is 0 Å². The van der Waals surface area contributed by atoms with Crippen LogP contribution in [0.4, 0.5) is 13.2 Å². The zero-order chi connectivity index (χ0) is 21.8. The first-order valence-electron chi connectivity index (χ1n) is 9.34. The van der Waals surface area contributed by atoms with Crippen molar-refractivity contribution in [3.63, 3.8) is 0 Å². The van der Waals surface area contributed by atoms with Crippen LogP contribution in [0.15, 0.2) is 88.9 Å². The predicted octanol–water partition coefficient (Wildman–Crippen LogP) is 5.73. The van der Waals surface area contributed by atoms with E-state index in [1.54, 1.807) is 48.7 Å². The van der Waals surface area contributed by atoms with E-state index in [2.05, 4.69) is 15.3 Å². The molecule has 156 valence electrons. The molecular formula is C23H16F3N3OS. The van der Waals surface area contributed by atoms with Crippen molar-refractivity contribution in [3.8, 4) is 0 Å². The second-order valence-electron chi connectivity index (χ2n) is 6.62. The molecule has 0 unspecified atom stereocenters. The summed E-state index contributed by atoms with van der Waals surface area (Å²) in [6.45, 7) is 0.232. The van der Waals surface area contributed by atoms with Gasteiger partial charge in [-0.05, 0) is 36.4 Å². The largest absolute Gasteiger partial charge is 0.417 e. The van der Waals surface area contributed by atoms with Gasteiger partial charge in [0.1, 0.15) is 5.03 Å². The van der Waals surface area contributed by atoms with Gasteiger partial charge in [0.2, 0.25) is 0 Å². The second kappa shape index (κ2) is 8.77. The smallest absolute Gasteiger partial charge is 0.346 e. The summed E-state index contributed by atoms with van der Waals surface area (Å²) in [6.07, 6.45) is -2.85. The molecule has 0 aliphatic carbocycles. The number of carbonyl (C=O) groups excluding carboxylic acids is 1. The Morgan fingerprint density at radius 3 is 2.48 bits per heavy atom. The molecule has 0 fully saturated rings. The van der Waals surface area contributed by atoms with Crippen LogP contribution in [-0.4, -0.2) is 15.9 Å². The van der Waals surface area contributed by atoms with E-state index in [1.807, 2.05) is 6.07 Å². The fourth-order valence-electron chi connectivity index (χ4n) is 3.06. The fourth-order valence-corrected chi connectivity index (χ4v) is 4.05. The number of halogens is 3. The van der Waals surface area contributed by atoms with Crippen LogP contribution in [0.25, 0.3) is 10.9 Å². The normalized spacial score (nSPS) is 11.5. The van der Waals surface area contributed by atoms with Gasteiger partial charge < -0.3 is 5.32 Å². The highest BCUT2D eigenvalue weighted by Gasteiger charge is 2.33. The number of nitrogens with one attached hydrogen (secondary N) is 1. The summed E-state index contributed by atoms with van der Waals surface area (Å²) in [5.41, 5.74) is 0.826. The van der Waals surface area contributed by atoms with Gasteiger partial charge in [0, 0.05) is 16.5 Å². The minimum Gasteiger partial charge on any atom is -0.346 e. The highest BCUT2D eigenvalue weighted by atomic mass is 32.2. The maximum absolute atomic E-state index is 13.4. The Morgan fingerprint density at radius 2 is 1.71 bits per heavy atom. The van der Waals surface area contributed by atoms with Crippen LogP contribution in [0.2, 0.25) is 0 Å². The van der Waals surface area contributed by atoms with Crippen molar-refractivity contribution in [2.75, 3.05) is 0 Å².